The van der Waals surface area contributed by atoms with E-state index >= 15 is 0 Å². The van der Waals surface area contributed by atoms with E-state index in [9.17, 15) is 5.11 Å². The lowest BCUT2D eigenvalue weighted by Crippen LogP contribution is -1.78. The third-order valence-corrected chi connectivity index (χ3v) is 1.80. The van der Waals surface area contributed by atoms with Crippen molar-refractivity contribution in [2.24, 2.45) is 0 Å². The van der Waals surface area contributed by atoms with Gasteiger partial charge in [0.2, 0.25) is 0 Å². The number of nitrogens with zero attached hydrogens (tertiary/aromatic N) is 1. The van der Waals surface area contributed by atoms with Crippen LogP contribution >= 0.6 is 0 Å². The molecule has 0 bridgehead atoms. The third kappa shape index (κ3) is 1.67. The summed E-state index contributed by atoms with van der Waals surface area (Å²) >= 11 is 0. The predicted octanol–water partition coefficient (Wildman–Crippen LogP) is 2.25. The molecule has 63 valence electrons. The molecule has 0 saturated heterocycles. The molecular formula is C11H8NO. The Morgan fingerprint density at radius 3 is 2.77 bits per heavy atom. The Bertz CT molecular complexity index is 398. The normalized spacial score (nSPS) is 9.85. The summed E-state index contributed by atoms with van der Waals surface area (Å²) in [6, 6.07) is 10.7. The van der Waals surface area contributed by atoms with Crippen molar-refractivity contribution in [3.63, 3.8) is 0 Å². The molecule has 2 rings (SSSR count). The van der Waals surface area contributed by atoms with Crippen LogP contribution in [0.3, 0.4) is 0 Å². The van der Waals surface area contributed by atoms with E-state index in [0.717, 1.165) is 11.1 Å². The van der Waals surface area contributed by atoms with E-state index in [1.807, 2.05) is 12.1 Å². The van der Waals surface area contributed by atoms with Gasteiger partial charge in [0.15, 0.2) is 0 Å². The van der Waals surface area contributed by atoms with Crippen molar-refractivity contribution in [2.75, 3.05) is 0 Å². The van der Waals surface area contributed by atoms with Crippen LogP contribution < -0.4 is 0 Å². The monoisotopic (exact) mass is 170 g/mol. The summed E-state index contributed by atoms with van der Waals surface area (Å²) in [6.07, 6.45) is 4.42. The van der Waals surface area contributed by atoms with Gasteiger partial charge in [-0.15, -0.1) is 0 Å². The quantitative estimate of drug-likeness (QED) is 0.712. The third-order valence-electron chi connectivity index (χ3n) is 1.80. The summed E-state index contributed by atoms with van der Waals surface area (Å²) in [5.74, 6) is 0.269. The van der Waals surface area contributed by atoms with Crippen molar-refractivity contribution in [2.45, 2.75) is 0 Å². The minimum Gasteiger partial charge on any atom is -0.508 e. The Kier molecular flexibility index (Phi) is 1.96. The maximum absolute atomic E-state index is 9.25. The van der Waals surface area contributed by atoms with Gasteiger partial charge in [-0.3, -0.25) is 4.98 Å². The molecule has 1 N–H and O–H groups in total. The summed E-state index contributed by atoms with van der Waals surface area (Å²) in [5, 5.41) is 9.25. The number of hydrogen-bond acceptors (Lipinski definition) is 2. The zero-order chi connectivity index (χ0) is 9.10. The molecule has 1 heterocycles. The van der Waals surface area contributed by atoms with Gasteiger partial charge in [-0.25, -0.2) is 0 Å². The Hall–Kier alpha value is -1.83. The molecule has 0 aliphatic heterocycles. The van der Waals surface area contributed by atoms with E-state index in [-0.39, 0.29) is 5.75 Å². The first-order valence-corrected chi connectivity index (χ1v) is 3.98. The molecule has 2 nitrogen and oxygen atoms in total. The number of aromatic nitrogens is 1. The summed E-state index contributed by atoms with van der Waals surface area (Å²) in [6.45, 7) is 0. The van der Waals surface area contributed by atoms with Crippen LogP contribution in [-0.2, 0) is 0 Å². The summed E-state index contributed by atoms with van der Waals surface area (Å²) in [4.78, 5) is 3.88. The van der Waals surface area contributed by atoms with E-state index in [0.29, 0.717) is 0 Å². The molecule has 0 aliphatic carbocycles. The van der Waals surface area contributed by atoms with Crippen LogP contribution in [0.4, 0.5) is 0 Å². The van der Waals surface area contributed by atoms with Gasteiger partial charge in [0, 0.05) is 11.8 Å². The topological polar surface area (TPSA) is 33.1 Å². The van der Waals surface area contributed by atoms with Crippen molar-refractivity contribution in [3.8, 4) is 16.9 Å². The number of hydrogen-bond donors (Lipinski definition) is 1. The fourth-order valence-corrected chi connectivity index (χ4v) is 1.18. The standard InChI is InChI=1S/C11H8NO/c13-11-5-1-3-9(7-11)10-4-2-6-12-8-10/h1-5,7-8,13H. The molecule has 1 aromatic heterocycles. The Labute approximate surface area is 76.5 Å². The lowest BCUT2D eigenvalue weighted by Gasteiger charge is -1.99. The van der Waals surface area contributed by atoms with Crippen LogP contribution in [0.1, 0.15) is 0 Å². The van der Waals surface area contributed by atoms with Crippen molar-refractivity contribution in [3.05, 3.63) is 48.8 Å². The average Bonchev–Trinajstić information content (AvgIpc) is 2.19. The van der Waals surface area contributed by atoms with Crippen molar-refractivity contribution < 1.29 is 5.11 Å². The molecule has 0 saturated carbocycles. The Morgan fingerprint density at radius 2 is 2.08 bits per heavy atom. The largest absolute Gasteiger partial charge is 0.508 e. The first-order valence-electron chi connectivity index (χ1n) is 3.98. The van der Waals surface area contributed by atoms with Crippen LogP contribution in [0.15, 0.2) is 42.6 Å². The maximum atomic E-state index is 9.25. The highest BCUT2D eigenvalue weighted by molar-refractivity contribution is 5.63. The molecule has 1 aromatic carbocycles. The number of benzene rings is 1. The number of pyridine rings is 1. The number of phenolic OH excluding ortho intramolecular Hbond substituents is 1. The van der Waals surface area contributed by atoms with Gasteiger partial charge in [-0.1, -0.05) is 18.2 Å². The van der Waals surface area contributed by atoms with Gasteiger partial charge < -0.3 is 5.11 Å². The van der Waals surface area contributed by atoms with Crippen molar-refractivity contribution >= 4 is 0 Å². The molecule has 0 amide bonds. The second-order valence-corrected chi connectivity index (χ2v) is 2.73. The molecule has 0 fully saturated rings. The van der Waals surface area contributed by atoms with Crippen LogP contribution in [0.25, 0.3) is 11.1 Å². The minimum absolute atomic E-state index is 0.269. The summed E-state index contributed by atoms with van der Waals surface area (Å²) in [7, 11) is 0. The van der Waals surface area contributed by atoms with Crippen LogP contribution in [0.2, 0.25) is 0 Å². The molecule has 0 aliphatic rings. The van der Waals surface area contributed by atoms with Crippen LogP contribution in [0, 0.1) is 6.20 Å². The van der Waals surface area contributed by atoms with Gasteiger partial charge in [-0.05, 0) is 23.8 Å². The molecule has 0 spiro atoms. The number of phenols is 1. The molecule has 0 unspecified atom stereocenters. The Morgan fingerprint density at radius 1 is 1.15 bits per heavy atom. The van der Waals surface area contributed by atoms with E-state index < -0.39 is 0 Å². The first kappa shape index (κ1) is 7.80. The smallest absolute Gasteiger partial charge is 0.116 e. The van der Waals surface area contributed by atoms with Gasteiger partial charge in [-0.2, -0.15) is 0 Å². The van der Waals surface area contributed by atoms with Crippen LogP contribution in [0.5, 0.6) is 5.75 Å². The predicted molar refractivity (Wildman–Crippen MR) is 50.2 cm³/mol. The highest BCUT2D eigenvalue weighted by Gasteiger charge is 1.96. The average molecular weight is 170 g/mol. The van der Waals surface area contributed by atoms with E-state index in [4.69, 9.17) is 0 Å². The van der Waals surface area contributed by atoms with Gasteiger partial charge in [0.05, 0.1) is 6.20 Å². The summed E-state index contributed by atoms with van der Waals surface area (Å²) < 4.78 is 0. The molecule has 2 aromatic rings. The van der Waals surface area contributed by atoms with E-state index in [2.05, 4.69) is 11.2 Å². The van der Waals surface area contributed by atoms with Crippen LogP contribution in [-0.4, -0.2) is 10.1 Å². The number of rotatable bonds is 1. The zero-order valence-corrected chi connectivity index (χ0v) is 6.94. The van der Waals surface area contributed by atoms with Gasteiger partial charge in [0.1, 0.15) is 5.75 Å². The molecule has 13 heavy (non-hydrogen) atoms. The fraction of sp³-hybridized carbons (Fsp3) is 0. The maximum Gasteiger partial charge on any atom is 0.116 e. The van der Waals surface area contributed by atoms with E-state index in [1.54, 1.807) is 30.5 Å². The highest BCUT2D eigenvalue weighted by Crippen LogP contribution is 2.21. The van der Waals surface area contributed by atoms with Gasteiger partial charge >= 0.3 is 0 Å². The zero-order valence-electron chi connectivity index (χ0n) is 6.94. The van der Waals surface area contributed by atoms with Gasteiger partial charge in [0.25, 0.3) is 0 Å². The lowest BCUT2D eigenvalue weighted by molar-refractivity contribution is 0.475. The summed E-state index contributed by atoms with van der Waals surface area (Å²) in [5.41, 5.74) is 1.94. The second-order valence-electron chi connectivity index (χ2n) is 2.73. The minimum atomic E-state index is 0.269. The molecule has 1 radical (unpaired) electrons. The van der Waals surface area contributed by atoms with Crippen molar-refractivity contribution in [1.29, 1.82) is 0 Å². The van der Waals surface area contributed by atoms with Crippen molar-refractivity contribution in [1.82, 2.24) is 4.98 Å². The molecule has 0 atom stereocenters. The SMILES string of the molecule is Oc1cccc(-c2cc[c]nc2)c1. The fourth-order valence-electron chi connectivity index (χ4n) is 1.18. The second kappa shape index (κ2) is 3.27. The molecular weight excluding hydrogens is 162 g/mol. The first-order chi connectivity index (χ1) is 6.36. The molecule has 2 heteroatoms. The van der Waals surface area contributed by atoms with E-state index in [1.165, 1.54) is 0 Å². The highest BCUT2D eigenvalue weighted by atomic mass is 16.3. The lowest BCUT2D eigenvalue weighted by atomic mass is 10.1. The Balaban J connectivity index is 2.48. The number of aromatic hydroxyl groups is 1.